The minimum absolute atomic E-state index is 0.186. The molecule has 0 saturated carbocycles. The normalized spacial score (nSPS) is 22.8. The van der Waals surface area contributed by atoms with Gasteiger partial charge in [-0.05, 0) is 26.7 Å². The molecule has 0 fully saturated rings. The molecular formula is C22H26ClNO6. The molecule has 0 saturated heterocycles. The van der Waals surface area contributed by atoms with E-state index in [2.05, 4.69) is 19.1 Å². The Morgan fingerprint density at radius 1 is 1.27 bits per heavy atom. The number of hydrogen-bond donors (Lipinski definition) is 1. The van der Waals surface area contributed by atoms with Gasteiger partial charge in [-0.1, -0.05) is 42.8 Å². The molecule has 1 aromatic rings. The summed E-state index contributed by atoms with van der Waals surface area (Å²) in [6.07, 6.45) is 6.26. The average molecular weight is 436 g/mol. The standard InChI is InChI=1S/C22H26ClNO6/c1-13-7-5-6-8-14(13)12-28-17-10-16-18(9-15(17)23)29-19(20(25)26)11-24(16)21(27)30-22(2,3)4/h5-10,13-14,19H,11-12H2,1-4H3,(H,25,26). The highest BCUT2D eigenvalue weighted by molar-refractivity contribution is 6.32. The first-order chi connectivity index (χ1) is 14.0. The van der Waals surface area contributed by atoms with Crippen LogP contribution in [0, 0.1) is 11.8 Å². The number of nitrogens with zero attached hydrogens (tertiary/aromatic N) is 1. The van der Waals surface area contributed by atoms with Gasteiger partial charge in [-0.2, -0.15) is 0 Å². The molecule has 1 amide bonds. The molecular weight excluding hydrogens is 410 g/mol. The van der Waals surface area contributed by atoms with Crippen LogP contribution in [0.4, 0.5) is 10.5 Å². The van der Waals surface area contributed by atoms with Crippen LogP contribution in [-0.4, -0.2) is 42.0 Å². The van der Waals surface area contributed by atoms with Crippen molar-refractivity contribution < 1.29 is 28.9 Å². The molecule has 30 heavy (non-hydrogen) atoms. The number of hydrogen-bond acceptors (Lipinski definition) is 5. The van der Waals surface area contributed by atoms with Crippen molar-refractivity contribution in [1.82, 2.24) is 0 Å². The number of carboxylic acid groups (broad SMARTS) is 1. The van der Waals surface area contributed by atoms with E-state index in [1.807, 2.05) is 12.2 Å². The second kappa shape index (κ2) is 8.60. The molecule has 8 heteroatoms. The number of benzene rings is 1. The van der Waals surface area contributed by atoms with Crippen LogP contribution in [-0.2, 0) is 9.53 Å². The van der Waals surface area contributed by atoms with Crippen LogP contribution in [0.2, 0.25) is 5.02 Å². The zero-order valence-electron chi connectivity index (χ0n) is 17.4. The Balaban J connectivity index is 1.88. The number of carboxylic acids is 1. The van der Waals surface area contributed by atoms with Gasteiger partial charge in [0, 0.05) is 18.1 Å². The summed E-state index contributed by atoms with van der Waals surface area (Å²) >= 11 is 6.36. The van der Waals surface area contributed by atoms with Gasteiger partial charge in [-0.15, -0.1) is 0 Å². The van der Waals surface area contributed by atoms with Gasteiger partial charge in [0.15, 0.2) is 0 Å². The van der Waals surface area contributed by atoms with E-state index in [1.165, 1.54) is 11.0 Å². The zero-order chi connectivity index (χ0) is 22.1. The Morgan fingerprint density at radius 2 is 1.97 bits per heavy atom. The third-order valence-electron chi connectivity index (χ3n) is 4.80. The Labute approximate surface area is 180 Å². The van der Waals surface area contributed by atoms with E-state index in [1.54, 1.807) is 26.8 Å². The van der Waals surface area contributed by atoms with Crippen molar-refractivity contribution in [3.63, 3.8) is 0 Å². The van der Waals surface area contributed by atoms with Gasteiger partial charge in [0.1, 0.15) is 17.1 Å². The summed E-state index contributed by atoms with van der Waals surface area (Å²) in [4.78, 5) is 25.5. The molecule has 3 unspecified atom stereocenters. The summed E-state index contributed by atoms with van der Waals surface area (Å²) in [6, 6.07) is 3.06. The lowest BCUT2D eigenvalue weighted by Crippen LogP contribution is -2.48. The smallest absolute Gasteiger partial charge is 0.415 e. The predicted octanol–water partition coefficient (Wildman–Crippen LogP) is 4.68. The number of carbonyl (C=O) groups excluding carboxylic acids is 1. The molecule has 1 heterocycles. The minimum atomic E-state index is -1.23. The lowest BCUT2D eigenvalue weighted by Gasteiger charge is -2.34. The molecule has 3 atom stereocenters. The fourth-order valence-electron chi connectivity index (χ4n) is 3.17. The highest BCUT2D eigenvalue weighted by Gasteiger charge is 2.37. The third kappa shape index (κ3) is 5.08. The molecule has 7 nitrogen and oxygen atoms in total. The summed E-state index contributed by atoms with van der Waals surface area (Å²) in [5, 5.41) is 9.67. The molecule has 0 radical (unpaired) electrons. The number of halogens is 1. The molecule has 0 spiro atoms. The zero-order valence-corrected chi connectivity index (χ0v) is 18.2. The first kappa shape index (κ1) is 22.0. The molecule has 1 aliphatic heterocycles. The van der Waals surface area contributed by atoms with Crippen LogP contribution in [0.1, 0.15) is 27.7 Å². The number of anilines is 1. The summed E-state index contributed by atoms with van der Waals surface area (Å²) in [5.74, 6) is -0.0972. The van der Waals surface area contributed by atoms with Crippen molar-refractivity contribution in [3.05, 3.63) is 41.5 Å². The summed E-state index contributed by atoms with van der Waals surface area (Å²) in [7, 11) is 0. The molecule has 0 bridgehead atoms. The van der Waals surface area contributed by atoms with Crippen LogP contribution in [0.15, 0.2) is 36.4 Å². The number of rotatable bonds is 4. The highest BCUT2D eigenvalue weighted by atomic mass is 35.5. The van der Waals surface area contributed by atoms with Crippen LogP contribution in [0.25, 0.3) is 0 Å². The number of fused-ring (bicyclic) bond motifs is 1. The van der Waals surface area contributed by atoms with E-state index in [4.69, 9.17) is 25.8 Å². The molecule has 1 N–H and O–H groups in total. The summed E-state index contributed by atoms with van der Waals surface area (Å²) in [5.41, 5.74) is -0.384. The predicted molar refractivity (Wildman–Crippen MR) is 114 cm³/mol. The third-order valence-corrected chi connectivity index (χ3v) is 5.10. The van der Waals surface area contributed by atoms with Crippen LogP contribution >= 0.6 is 11.6 Å². The van der Waals surface area contributed by atoms with Crippen LogP contribution in [0.3, 0.4) is 0 Å². The maximum atomic E-state index is 12.8. The van der Waals surface area contributed by atoms with Crippen LogP contribution < -0.4 is 14.4 Å². The van der Waals surface area contributed by atoms with E-state index in [0.717, 1.165) is 0 Å². The van der Waals surface area contributed by atoms with Crippen molar-refractivity contribution in [2.45, 2.75) is 39.4 Å². The van der Waals surface area contributed by atoms with Gasteiger partial charge in [-0.25, -0.2) is 9.59 Å². The first-order valence-electron chi connectivity index (χ1n) is 9.76. The van der Waals surface area contributed by atoms with Crippen molar-refractivity contribution in [1.29, 1.82) is 0 Å². The number of allylic oxidation sites excluding steroid dienone is 3. The fourth-order valence-corrected chi connectivity index (χ4v) is 3.38. The van der Waals surface area contributed by atoms with E-state index in [-0.39, 0.29) is 23.2 Å². The van der Waals surface area contributed by atoms with E-state index in [9.17, 15) is 14.7 Å². The average Bonchev–Trinajstić information content (AvgIpc) is 2.65. The Hall–Kier alpha value is -2.67. The summed E-state index contributed by atoms with van der Waals surface area (Å²) in [6.45, 7) is 7.55. The van der Waals surface area contributed by atoms with Gasteiger partial charge < -0.3 is 19.3 Å². The van der Waals surface area contributed by atoms with Crippen molar-refractivity contribution in [2.75, 3.05) is 18.1 Å². The monoisotopic (exact) mass is 435 g/mol. The number of amides is 1. The lowest BCUT2D eigenvalue weighted by molar-refractivity contribution is -0.144. The Bertz CT molecular complexity index is 888. The molecule has 1 aliphatic carbocycles. The quantitative estimate of drug-likeness (QED) is 0.738. The van der Waals surface area contributed by atoms with Crippen molar-refractivity contribution in [2.24, 2.45) is 11.8 Å². The number of aliphatic carboxylic acids is 1. The second-order valence-corrected chi connectivity index (χ2v) is 8.80. The largest absolute Gasteiger partial charge is 0.491 e. The second-order valence-electron chi connectivity index (χ2n) is 8.39. The molecule has 0 aromatic heterocycles. The molecule has 2 aliphatic rings. The van der Waals surface area contributed by atoms with Gasteiger partial charge in [0.25, 0.3) is 0 Å². The van der Waals surface area contributed by atoms with Gasteiger partial charge in [0.2, 0.25) is 6.10 Å². The highest BCUT2D eigenvalue weighted by Crippen LogP contribution is 2.42. The molecule has 1 aromatic carbocycles. The summed E-state index contributed by atoms with van der Waals surface area (Å²) < 4.78 is 16.9. The maximum absolute atomic E-state index is 12.8. The van der Waals surface area contributed by atoms with Crippen LogP contribution in [0.5, 0.6) is 11.5 Å². The van der Waals surface area contributed by atoms with Gasteiger partial charge in [-0.3, -0.25) is 4.90 Å². The lowest BCUT2D eigenvalue weighted by atomic mass is 9.91. The molecule has 162 valence electrons. The maximum Gasteiger partial charge on any atom is 0.415 e. The Kier molecular flexibility index (Phi) is 6.31. The van der Waals surface area contributed by atoms with Crippen molar-refractivity contribution in [3.8, 4) is 11.5 Å². The first-order valence-corrected chi connectivity index (χ1v) is 10.1. The number of carbonyl (C=O) groups is 2. The Morgan fingerprint density at radius 3 is 2.60 bits per heavy atom. The van der Waals surface area contributed by atoms with E-state index in [0.29, 0.717) is 24.0 Å². The molecule has 3 rings (SSSR count). The van der Waals surface area contributed by atoms with Crippen molar-refractivity contribution >= 4 is 29.4 Å². The van der Waals surface area contributed by atoms with E-state index >= 15 is 0 Å². The van der Waals surface area contributed by atoms with E-state index < -0.39 is 23.8 Å². The SMILES string of the molecule is CC1C=CC=CC1COc1cc2c(cc1Cl)OC(C(=O)O)CN2C(=O)OC(C)(C)C. The topological polar surface area (TPSA) is 85.3 Å². The number of ether oxygens (including phenoxy) is 3. The van der Waals surface area contributed by atoms with Gasteiger partial charge in [0.05, 0.1) is 23.9 Å². The fraction of sp³-hybridized carbons (Fsp3) is 0.455. The minimum Gasteiger partial charge on any atom is -0.491 e. The van der Waals surface area contributed by atoms with Gasteiger partial charge >= 0.3 is 12.1 Å².